The first-order valence-corrected chi connectivity index (χ1v) is 13.8. The lowest BCUT2D eigenvalue weighted by atomic mass is 10.1. The SMILES string of the molecule is CNCc1ccc(C(=O)Nc2ccc(Nc3ncnc4cc(OCCCN5CCOCC5)c(OC)cc34)cc2)cc1. The van der Waals surface area contributed by atoms with Crippen molar-refractivity contribution >= 4 is 34.0 Å². The first-order valence-electron chi connectivity index (χ1n) is 13.8. The number of aromatic nitrogens is 2. The number of hydrogen-bond donors (Lipinski definition) is 3. The molecule has 0 spiro atoms. The van der Waals surface area contributed by atoms with E-state index in [1.807, 2.05) is 67.7 Å². The largest absolute Gasteiger partial charge is 0.493 e. The van der Waals surface area contributed by atoms with E-state index in [0.717, 1.165) is 68.0 Å². The number of carbonyl (C=O) groups excluding carboxylic acids is 1. The molecule has 0 unspecified atom stereocenters. The number of carbonyl (C=O) groups is 1. The Bertz CT molecular complexity index is 1440. The van der Waals surface area contributed by atoms with Crippen molar-refractivity contribution < 1.29 is 19.0 Å². The highest BCUT2D eigenvalue weighted by Gasteiger charge is 2.14. The molecule has 3 aromatic carbocycles. The second-order valence-electron chi connectivity index (χ2n) is 9.78. The molecule has 10 nitrogen and oxygen atoms in total. The van der Waals surface area contributed by atoms with E-state index in [9.17, 15) is 4.79 Å². The van der Waals surface area contributed by atoms with Crippen LogP contribution in [0.15, 0.2) is 67.0 Å². The maximum Gasteiger partial charge on any atom is 0.255 e. The Morgan fingerprint density at radius 2 is 1.73 bits per heavy atom. The number of morpholine rings is 1. The van der Waals surface area contributed by atoms with Crippen LogP contribution >= 0.6 is 0 Å². The summed E-state index contributed by atoms with van der Waals surface area (Å²) in [7, 11) is 3.52. The summed E-state index contributed by atoms with van der Waals surface area (Å²) in [6.07, 6.45) is 2.44. The van der Waals surface area contributed by atoms with Crippen LogP contribution in [-0.2, 0) is 11.3 Å². The van der Waals surface area contributed by atoms with E-state index in [2.05, 4.69) is 30.8 Å². The topological polar surface area (TPSA) is 110 Å². The standard InChI is InChI=1S/C31H36N6O4/c1-32-20-22-4-6-23(7-5-22)31(38)36-25-10-8-24(9-11-25)35-30-26-18-28(39-2)29(19-27(26)33-21-34-30)41-15-3-12-37-13-16-40-17-14-37/h4-11,18-19,21,32H,3,12-17,20H2,1-2H3,(H,36,38)(H,33,34,35). The van der Waals surface area contributed by atoms with Gasteiger partial charge in [-0.25, -0.2) is 9.97 Å². The Hall–Kier alpha value is -4.25. The number of amides is 1. The third-order valence-corrected chi connectivity index (χ3v) is 6.90. The molecule has 1 aromatic heterocycles. The molecule has 0 radical (unpaired) electrons. The van der Waals surface area contributed by atoms with Gasteiger partial charge in [-0.1, -0.05) is 12.1 Å². The van der Waals surface area contributed by atoms with E-state index < -0.39 is 0 Å². The summed E-state index contributed by atoms with van der Waals surface area (Å²) in [6, 6.07) is 18.8. The molecule has 2 heterocycles. The fourth-order valence-corrected chi connectivity index (χ4v) is 4.69. The van der Waals surface area contributed by atoms with Gasteiger partial charge in [0, 0.05) is 54.6 Å². The molecular weight excluding hydrogens is 520 g/mol. The van der Waals surface area contributed by atoms with Crippen LogP contribution in [0, 0.1) is 0 Å². The van der Waals surface area contributed by atoms with Crippen LogP contribution in [0.5, 0.6) is 11.5 Å². The van der Waals surface area contributed by atoms with Crippen molar-refractivity contribution in [3.63, 3.8) is 0 Å². The molecule has 1 amide bonds. The van der Waals surface area contributed by atoms with Crippen molar-refractivity contribution in [2.24, 2.45) is 0 Å². The zero-order chi connectivity index (χ0) is 28.4. The van der Waals surface area contributed by atoms with Crippen LogP contribution in [0.1, 0.15) is 22.3 Å². The maximum atomic E-state index is 12.7. The number of rotatable bonds is 12. The average molecular weight is 557 g/mol. The molecule has 41 heavy (non-hydrogen) atoms. The van der Waals surface area contributed by atoms with E-state index >= 15 is 0 Å². The third-order valence-electron chi connectivity index (χ3n) is 6.90. The fraction of sp³-hybridized carbons (Fsp3) is 0.323. The number of hydrogen-bond acceptors (Lipinski definition) is 9. The molecule has 1 aliphatic heterocycles. The molecule has 0 atom stereocenters. The zero-order valence-corrected chi connectivity index (χ0v) is 23.5. The first kappa shape index (κ1) is 28.3. The summed E-state index contributed by atoms with van der Waals surface area (Å²) < 4.78 is 17.1. The highest BCUT2D eigenvalue weighted by Crippen LogP contribution is 2.35. The first-order chi connectivity index (χ1) is 20.1. The van der Waals surface area contributed by atoms with Crippen molar-refractivity contribution in [3.05, 3.63) is 78.1 Å². The van der Waals surface area contributed by atoms with Gasteiger partial charge >= 0.3 is 0 Å². The summed E-state index contributed by atoms with van der Waals surface area (Å²) in [5.41, 5.74) is 3.99. The lowest BCUT2D eigenvalue weighted by Crippen LogP contribution is -2.37. The van der Waals surface area contributed by atoms with Crippen molar-refractivity contribution in [1.29, 1.82) is 0 Å². The van der Waals surface area contributed by atoms with Gasteiger partial charge in [-0.3, -0.25) is 9.69 Å². The summed E-state index contributed by atoms with van der Waals surface area (Å²) in [4.78, 5) is 24.0. The highest BCUT2D eigenvalue weighted by atomic mass is 16.5. The van der Waals surface area contributed by atoms with Gasteiger partial charge in [0.1, 0.15) is 12.1 Å². The number of nitrogens with zero attached hydrogens (tertiary/aromatic N) is 3. The molecule has 1 aliphatic rings. The molecule has 0 saturated carbocycles. The number of anilines is 3. The lowest BCUT2D eigenvalue weighted by molar-refractivity contribution is 0.0357. The fourth-order valence-electron chi connectivity index (χ4n) is 4.69. The van der Waals surface area contributed by atoms with Crippen LogP contribution in [0.3, 0.4) is 0 Å². The normalized spacial score (nSPS) is 13.6. The van der Waals surface area contributed by atoms with Crippen molar-refractivity contribution in [2.45, 2.75) is 13.0 Å². The van der Waals surface area contributed by atoms with Gasteiger partial charge in [-0.05, 0) is 61.5 Å². The molecule has 1 fully saturated rings. The lowest BCUT2D eigenvalue weighted by Gasteiger charge is -2.26. The quantitative estimate of drug-likeness (QED) is 0.218. The van der Waals surface area contributed by atoms with Crippen LogP contribution in [0.2, 0.25) is 0 Å². The molecule has 4 aromatic rings. The number of methoxy groups -OCH3 is 1. The van der Waals surface area contributed by atoms with Crippen LogP contribution in [-0.4, -0.2) is 74.4 Å². The number of ether oxygens (including phenoxy) is 3. The molecule has 1 saturated heterocycles. The molecule has 10 heteroatoms. The number of nitrogens with one attached hydrogen (secondary N) is 3. The minimum Gasteiger partial charge on any atom is -0.493 e. The van der Waals surface area contributed by atoms with Crippen molar-refractivity contribution in [2.75, 3.05) is 64.2 Å². The monoisotopic (exact) mass is 556 g/mol. The molecule has 0 bridgehead atoms. The van der Waals surface area contributed by atoms with Crippen LogP contribution in [0.4, 0.5) is 17.2 Å². The second kappa shape index (κ2) is 13.9. The Labute approximate surface area is 240 Å². The Morgan fingerprint density at radius 1 is 0.976 bits per heavy atom. The summed E-state index contributed by atoms with van der Waals surface area (Å²) >= 11 is 0. The van der Waals surface area contributed by atoms with Crippen LogP contribution in [0.25, 0.3) is 10.9 Å². The predicted molar refractivity (Wildman–Crippen MR) is 160 cm³/mol. The van der Waals surface area contributed by atoms with Gasteiger partial charge in [0.15, 0.2) is 11.5 Å². The van der Waals surface area contributed by atoms with Gasteiger partial charge in [0.2, 0.25) is 0 Å². The molecule has 0 aliphatic carbocycles. The van der Waals surface area contributed by atoms with Gasteiger partial charge in [0.25, 0.3) is 5.91 Å². The Kier molecular flexibility index (Phi) is 9.58. The van der Waals surface area contributed by atoms with Gasteiger partial charge < -0.3 is 30.2 Å². The van der Waals surface area contributed by atoms with E-state index in [0.29, 0.717) is 35.2 Å². The average Bonchev–Trinajstić information content (AvgIpc) is 3.01. The molecule has 5 rings (SSSR count). The van der Waals surface area contributed by atoms with Gasteiger partial charge in [-0.15, -0.1) is 0 Å². The van der Waals surface area contributed by atoms with E-state index in [-0.39, 0.29) is 5.91 Å². The van der Waals surface area contributed by atoms with E-state index in [4.69, 9.17) is 14.2 Å². The van der Waals surface area contributed by atoms with E-state index in [1.54, 1.807) is 7.11 Å². The van der Waals surface area contributed by atoms with Crippen molar-refractivity contribution in [3.8, 4) is 11.5 Å². The smallest absolute Gasteiger partial charge is 0.255 e. The van der Waals surface area contributed by atoms with E-state index in [1.165, 1.54) is 6.33 Å². The third kappa shape index (κ3) is 7.49. The minimum atomic E-state index is -0.158. The second-order valence-corrected chi connectivity index (χ2v) is 9.78. The molecule has 214 valence electrons. The minimum absolute atomic E-state index is 0.158. The summed E-state index contributed by atoms with van der Waals surface area (Å²) in [5, 5.41) is 10.2. The highest BCUT2D eigenvalue weighted by molar-refractivity contribution is 6.04. The molecular formula is C31H36N6O4. The summed E-state index contributed by atoms with van der Waals surface area (Å²) in [6.45, 7) is 5.84. The Balaban J connectivity index is 1.21. The van der Waals surface area contributed by atoms with Crippen molar-refractivity contribution in [1.82, 2.24) is 20.2 Å². The zero-order valence-electron chi connectivity index (χ0n) is 23.5. The molecule has 3 N–H and O–H groups in total. The number of benzene rings is 3. The maximum absolute atomic E-state index is 12.7. The Morgan fingerprint density at radius 3 is 2.46 bits per heavy atom. The summed E-state index contributed by atoms with van der Waals surface area (Å²) in [5.74, 6) is 1.77. The van der Waals surface area contributed by atoms with Gasteiger partial charge in [-0.2, -0.15) is 0 Å². The number of fused-ring (bicyclic) bond motifs is 1. The van der Waals surface area contributed by atoms with Crippen LogP contribution < -0.4 is 25.4 Å². The van der Waals surface area contributed by atoms with Gasteiger partial charge in [0.05, 0.1) is 32.4 Å². The predicted octanol–water partition coefficient (Wildman–Crippen LogP) is 4.45.